The highest BCUT2D eigenvalue weighted by atomic mass is 32.2. The molecule has 1 fully saturated rings. The number of nitrogens with zero attached hydrogens (tertiary/aromatic N) is 4. The fraction of sp³-hybridized carbons (Fsp3) is 0.667. The van der Waals surface area contributed by atoms with Crippen molar-refractivity contribution in [3.63, 3.8) is 0 Å². The van der Waals surface area contributed by atoms with E-state index in [0.29, 0.717) is 10.3 Å². The van der Waals surface area contributed by atoms with E-state index in [1.807, 2.05) is 0 Å². The third kappa shape index (κ3) is 5.70. The minimum absolute atomic E-state index is 0.552. The van der Waals surface area contributed by atoms with Crippen LogP contribution in [0.5, 0.6) is 0 Å². The fourth-order valence-electron chi connectivity index (χ4n) is 2.58. The van der Waals surface area contributed by atoms with E-state index in [1.54, 1.807) is 33.3 Å². The van der Waals surface area contributed by atoms with E-state index < -0.39 is 0 Å². The molecular weight excluding hydrogens is 384 g/mol. The molecule has 0 saturated carbocycles. The van der Waals surface area contributed by atoms with Gasteiger partial charge < -0.3 is 21.3 Å². The normalized spacial score (nSPS) is 21.2. The van der Waals surface area contributed by atoms with Crippen molar-refractivity contribution in [1.82, 2.24) is 20.4 Å². The zero-order chi connectivity index (χ0) is 16.8. The Hall–Kier alpha value is -0.660. The molecule has 0 amide bonds. The van der Waals surface area contributed by atoms with Crippen LogP contribution in [-0.2, 0) is 0 Å². The number of quaternary nitrogens is 2. The predicted octanol–water partition coefficient (Wildman–Crippen LogP) is -1.78. The molecule has 0 spiro atoms. The van der Waals surface area contributed by atoms with Gasteiger partial charge in [0.2, 0.25) is 10.3 Å². The van der Waals surface area contributed by atoms with Gasteiger partial charge in [-0.3, -0.25) is 0 Å². The van der Waals surface area contributed by atoms with Crippen LogP contribution in [0.1, 0.15) is 0 Å². The lowest BCUT2D eigenvalue weighted by atomic mass is 10.3. The number of hydrogen-bond donors (Lipinski definition) is 4. The minimum atomic E-state index is 0.552. The maximum absolute atomic E-state index is 5.60. The van der Waals surface area contributed by atoms with Gasteiger partial charge in [-0.05, 0) is 0 Å². The third-order valence-corrected chi connectivity index (χ3v) is 7.65. The summed E-state index contributed by atoms with van der Waals surface area (Å²) < 4.78 is 1.95. The Bertz CT molecular complexity index is 570. The predicted molar refractivity (Wildman–Crippen MR) is 101 cm³/mol. The lowest BCUT2D eigenvalue weighted by molar-refractivity contribution is -1.01. The molecule has 0 aliphatic carbocycles. The largest absolute Gasteiger partial charge is 0.374 e. The van der Waals surface area contributed by atoms with Crippen molar-refractivity contribution in [1.29, 1.82) is 0 Å². The molecule has 1 aliphatic heterocycles. The smallest absolute Gasteiger partial charge is 0.203 e. The molecule has 1 saturated heterocycles. The molecule has 1 aliphatic rings. The zero-order valence-corrected chi connectivity index (χ0v) is 16.5. The molecule has 8 nitrogen and oxygen atoms in total. The molecule has 0 radical (unpaired) electrons. The van der Waals surface area contributed by atoms with Gasteiger partial charge in [-0.2, -0.15) is 0 Å². The monoisotopic (exact) mass is 406 g/mol. The molecule has 0 atom stereocenters. The highest BCUT2D eigenvalue weighted by Crippen LogP contribution is 2.23. The fourth-order valence-corrected chi connectivity index (χ4v) is 6.08. The van der Waals surface area contributed by atoms with Crippen molar-refractivity contribution in [3.8, 4) is 0 Å². The summed E-state index contributed by atoms with van der Waals surface area (Å²) in [7, 11) is 0. The van der Waals surface area contributed by atoms with Crippen LogP contribution in [-0.4, -0.2) is 71.2 Å². The number of nitrogens with one attached hydrogen (secondary N) is 2. The van der Waals surface area contributed by atoms with Crippen LogP contribution in [0.25, 0.3) is 0 Å². The molecule has 0 bridgehead atoms. The van der Waals surface area contributed by atoms with Crippen LogP contribution >= 0.6 is 46.2 Å². The van der Waals surface area contributed by atoms with E-state index in [2.05, 4.69) is 20.4 Å². The van der Waals surface area contributed by atoms with E-state index in [1.165, 1.54) is 61.9 Å². The van der Waals surface area contributed by atoms with Crippen LogP contribution < -0.4 is 21.3 Å². The highest BCUT2D eigenvalue weighted by molar-refractivity contribution is 8.01. The Morgan fingerprint density at radius 2 is 1.17 bits per heavy atom. The van der Waals surface area contributed by atoms with Crippen LogP contribution in [0.3, 0.4) is 0 Å². The third-order valence-electron chi connectivity index (χ3n) is 3.87. The van der Waals surface area contributed by atoms with Crippen molar-refractivity contribution >= 4 is 56.5 Å². The number of nitrogens with two attached hydrogens (primary N) is 2. The van der Waals surface area contributed by atoms with Gasteiger partial charge >= 0.3 is 0 Å². The van der Waals surface area contributed by atoms with E-state index >= 15 is 0 Å². The number of aromatic nitrogens is 4. The second-order valence-corrected chi connectivity index (χ2v) is 10.2. The summed E-state index contributed by atoms with van der Waals surface area (Å²) in [6.45, 7) is 7.32. The number of rotatable bonds is 8. The molecule has 0 aromatic carbocycles. The Kier molecular flexibility index (Phi) is 6.92. The van der Waals surface area contributed by atoms with Crippen LogP contribution in [0.2, 0.25) is 0 Å². The summed E-state index contributed by atoms with van der Waals surface area (Å²) in [5.74, 6) is 2.15. The lowest BCUT2D eigenvalue weighted by Gasteiger charge is -2.29. The van der Waals surface area contributed by atoms with Gasteiger partial charge in [0.15, 0.2) is 8.68 Å². The number of piperazine rings is 1. The second kappa shape index (κ2) is 9.15. The van der Waals surface area contributed by atoms with Gasteiger partial charge in [0.1, 0.15) is 26.2 Å². The standard InChI is InChI=1S/C12H20N8S4/c13-9-15-17-11(23-9)21-7-5-19-1-2-20(4-3-19)6-8-22-12-18-16-10(14)24-12/h1-8H2,(H2,13,15)(H2,14,16)/p+2. The number of nitrogen functional groups attached to an aromatic ring is 2. The maximum atomic E-state index is 5.60. The van der Waals surface area contributed by atoms with Gasteiger partial charge in [0, 0.05) is 11.5 Å². The van der Waals surface area contributed by atoms with Crippen LogP contribution in [0.4, 0.5) is 10.3 Å². The van der Waals surface area contributed by atoms with Gasteiger partial charge in [-0.25, -0.2) is 0 Å². The molecule has 24 heavy (non-hydrogen) atoms. The van der Waals surface area contributed by atoms with Crippen molar-refractivity contribution < 1.29 is 9.80 Å². The minimum Gasteiger partial charge on any atom is -0.374 e. The van der Waals surface area contributed by atoms with Gasteiger partial charge in [-0.1, -0.05) is 46.2 Å². The molecule has 6 N–H and O–H groups in total. The van der Waals surface area contributed by atoms with Crippen LogP contribution in [0.15, 0.2) is 8.68 Å². The first-order chi connectivity index (χ1) is 11.7. The molecule has 132 valence electrons. The first-order valence-electron chi connectivity index (χ1n) is 7.80. The SMILES string of the molecule is Nc1nnc(SCC[NH+]2CC[NH+](CCSc3nnc(N)s3)CC2)s1. The van der Waals surface area contributed by atoms with Crippen molar-refractivity contribution in [3.05, 3.63) is 0 Å². The molecular formula is C12H22N8S4+2. The average molecular weight is 407 g/mol. The van der Waals surface area contributed by atoms with Crippen LogP contribution in [0, 0.1) is 0 Å². The summed E-state index contributed by atoms with van der Waals surface area (Å²) >= 11 is 6.46. The van der Waals surface area contributed by atoms with Crippen molar-refractivity contribution in [2.75, 3.05) is 62.2 Å². The van der Waals surface area contributed by atoms with Gasteiger partial charge in [0.25, 0.3) is 0 Å². The Labute approximate surface area is 157 Å². The summed E-state index contributed by atoms with van der Waals surface area (Å²) in [6.07, 6.45) is 0. The maximum Gasteiger partial charge on any atom is 0.203 e. The van der Waals surface area contributed by atoms with E-state index in [0.717, 1.165) is 20.2 Å². The Balaban J connectivity index is 1.26. The molecule has 12 heteroatoms. The first-order valence-corrected chi connectivity index (χ1v) is 11.4. The Morgan fingerprint density at radius 3 is 1.50 bits per heavy atom. The van der Waals surface area contributed by atoms with E-state index in [-0.39, 0.29) is 0 Å². The van der Waals surface area contributed by atoms with Crippen molar-refractivity contribution in [2.24, 2.45) is 0 Å². The second-order valence-electron chi connectivity index (χ2n) is 5.51. The lowest BCUT2D eigenvalue weighted by Crippen LogP contribution is -3.28. The van der Waals surface area contributed by atoms with E-state index in [4.69, 9.17) is 11.5 Å². The number of hydrogen-bond acceptors (Lipinski definition) is 10. The quantitative estimate of drug-likeness (QED) is 0.381. The summed E-state index contributed by atoms with van der Waals surface area (Å²) in [4.78, 5) is 3.38. The van der Waals surface area contributed by atoms with Gasteiger partial charge in [0.05, 0.1) is 13.1 Å². The molecule has 0 unspecified atom stereocenters. The Morgan fingerprint density at radius 1 is 0.750 bits per heavy atom. The highest BCUT2D eigenvalue weighted by Gasteiger charge is 2.22. The topological polar surface area (TPSA) is 112 Å². The summed E-state index contributed by atoms with van der Waals surface area (Å²) in [5.41, 5.74) is 11.2. The average Bonchev–Trinajstić information content (AvgIpc) is 3.17. The van der Waals surface area contributed by atoms with Crippen molar-refractivity contribution in [2.45, 2.75) is 8.68 Å². The van der Waals surface area contributed by atoms with Gasteiger partial charge in [-0.15, -0.1) is 20.4 Å². The molecule has 3 heterocycles. The number of thioether (sulfide) groups is 2. The first kappa shape index (κ1) is 18.1. The van der Waals surface area contributed by atoms with E-state index in [9.17, 15) is 0 Å². The number of anilines is 2. The zero-order valence-electron chi connectivity index (χ0n) is 13.2. The molecule has 3 rings (SSSR count). The summed E-state index contributed by atoms with van der Waals surface area (Å²) in [5, 5.41) is 16.9. The summed E-state index contributed by atoms with van der Waals surface area (Å²) in [6, 6.07) is 0. The molecule has 2 aromatic heterocycles. The molecule has 2 aromatic rings.